The molecule has 1 amide bonds. The maximum absolute atomic E-state index is 12.8. The molecule has 1 aliphatic rings. The van der Waals surface area contributed by atoms with Crippen molar-refractivity contribution in [3.05, 3.63) is 53.6 Å². The van der Waals surface area contributed by atoms with E-state index in [1.807, 2.05) is 25.1 Å². The summed E-state index contributed by atoms with van der Waals surface area (Å²) in [4.78, 5) is 15.7. The third-order valence-electron chi connectivity index (χ3n) is 6.35. The van der Waals surface area contributed by atoms with Gasteiger partial charge in [0.25, 0.3) is 5.91 Å². The molecule has 168 valence electrons. The summed E-state index contributed by atoms with van der Waals surface area (Å²) in [6.07, 6.45) is 0. The van der Waals surface area contributed by atoms with Gasteiger partial charge in [0, 0.05) is 11.3 Å². The molecule has 0 radical (unpaired) electrons. The van der Waals surface area contributed by atoms with Crippen LogP contribution in [0.25, 0.3) is 0 Å². The number of carbonyl (C=O) groups excluding carboxylic acids is 1. The molecule has 1 fully saturated rings. The maximum Gasteiger partial charge on any atom is 0.282 e. The van der Waals surface area contributed by atoms with E-state index >= 15 is 0 Å². The smallest absolute Gasteiger partial charge is 0.282 e. The Morgan fingerprint density at radius 3 is 2.16 bits per heavy atom. The zero-order chi connectivity index (χ0) is 22.4. The van der Waals surface area contributed by atoms with E-state index < -0.39 is 0 Å². The van der Waals surface area contributed by atoms with E-state index in [-0.39, 0.29) is 11.9 Å². The predicted molar refractivity (Wildman–Crippen MR) is 123 cm³/mol. The molecule has 3 rings (SSSR count). The van der Waals surface area contributed by atoms with Crippen molar-refractivity contribution in [2.24, 2.45) is 0 Å². The summed E-state index contributed by atoms with van der Waals surface area (Å²) in [5.41, 5.74) is 3.40. The highest BCUT2D eigenvalue weighted by molar-refractivity contribution is 5.93. The van der Waals surface area contributed by atoms with Gasteiger partial charge in [-0.3, -0.25) is 4.79 Å². The highest BCUT2D eigenvalue weighted by Gasteiger charge is 2.31. The van der Waals surface area contributed by atoms with Crippen molar-refractivity contribution >= 4 is 11.6 Å². The highest BCUT2D eigenvalue weighted by atomic mass is 16.5. The van der Waals surface area contributed by atoms with Gasteiger partial charge in [-0.25, -0.2) is 0 Å². The first-order valence-corrected chi connectivity index (χ1v) is 11.2. The van der Waals surface area contributed by atoms with Crippen LogP contribution < -0.4 is 24.6 Å². The van der Waals surface area contributed by atoms with Crippen LogP contribution in [-0.2, 0) is 11.3 Å². The minimum atomic E-state index is -0.0626. The van der Waals surface area contributed by atoms with Gasteiger partial charge in [-0.2, -0.15) is 0 Å². The summed E-state index contributed by atoms with van der Waals surface area (Å²) < 4.78 is 10.8. The lowest BCUT2D eigenvalue weighted by Gasteiger charge is -2.32. The second-order valence-electron chi connectivity index (χ2n) is 8.76. The average molecular weight is 428 g/mol. The van der Waals surface area contributed by atoms with Gasteiger partial charge in [0.05, 0.1) is 14.2 Å². The number of ether oxygens (including phenoxy) is 2. The van der Waals surface area contributed by atoms with E-state index in [9.17, 15) is 4.79 Å². The van der Waals surface area contributed by atoms with E-state index in [0.29, 0.717) is 5.92 Å². The molecule has 0 aliphatic carbocycles. The van der Waals surface area contributed by atoms with Crippen molar-refractivity contribution < 1.29 is 24.1 Å². The molecule has 1 heterocycles. The molecule has 1 aliphatic heterocycles. The Bertz CT molecular complexity index is 859. The Hall–Kier alpha value is -2.57. The third kappa shape index (κ3) is 5.99. The van der Waals surface area contributed by atoms with Crippen LogP contribution in [0.4, 0.5) is 5.69 Å². The van der Waals surface area contributed by atoms with Gasteiger partial charge in [-0.1, -0.05) is 26.0 Å². The second-order valence-corrected chi connectivity index (χ2v) is 8.76. The Kier molecular flexibility index (Phi) is 7.93. The fourth-order valence-electron chi connectivity index (χ4n) is 4.20. The molecule has 3 N–H and O–H groups in total. The number of anilines is 1. The van der Waals surface area contributed by atoms with E-state index in [1.54, 1.807) is 14.2 Å². The first kappa shape index (κ1) is 23.1. The molecule has 0 aromatic heterocycles. The number of carbonyl (C=O) groups is 1. The van der Waals surface area contributed by atoms with Gasteiger partial charge in [0.15, 0.2) is 17.5 Å². The summed E-state index contributed by atoms with van der Waals surface area (Å²) in [5, 5.41) is 3.09. The summed E-state index contributed by atoms with van der Waals surface area (Å²) in [6, 6.07) is 14.3. The van der Waals surface area contributed by atoms with Crippen LogP contribution in [0.2, 0.25) is 0 Å². The predicted octanol–water partition coefficient (Wildman–Crippen LogP) is 1.14. The van der Waals surface area contributed by atoms with Crippen LogP contribution in [0, 0.1) is 0 Å². The van der Waals surface area contributed by atoms with Crippen LogP contribution in [0.1, 0.15) is 37.8 Å². The Labute approximate surface area is 186 Å². The van der Waals surface area contributed by atoms with Crippen LogP contribution in [0.15, 0.2) is 42.5 Å². The van der Waals surface area contributed by atoms with Gasteiger partial charge in [-0.15, -0.1) is 0 Å². The monoisotopic (exact) mass is 427 g/mol. The number of quaternary nitrogens is 2. The molecule has 0 spiro atoms. The lowest BCUT2D eigenvalue weighted by atomic mass is 10.0. The fourth-order valence-corrected chi connectivity index (χ4v) is 4.20. The lowest BCUT2D eigenvalue weighted by molar-refractivity contribution is -1.02. The molecule has 0 unspecified atom stereocenters. The van der Waals surface area contributed by atoms with E-state index in [1.165, 1.54) is 20.9 Å². The van der Waals surface area contributed by atoms with Crippen molar-refractivity contribution in [3.63, 3.8) is 0 Å². The van der Waals surface area contributed by atoms with E-state index in [2.05, 4.69) is 43.4 Å². The molecule has 1 atom stereocenters. The first-order chi connectivity index (χ1) is 14.9. The number of hydrogen-bond donors (Lipinski definition) is 3. The molecule has 0 saturated carbocycles. The number of hydrogen-bond acceptors (Lipinski definition) is 3. The summed E-state index contributed by atoms with van der Waals surface area (Å²) in [7, 11) is 3.32. The normalized spacial score (nSPS) is 19.7. The first-order valence-electron chi connectivity index (χ1n) is 11.2. The van der Waals surface area contributed by atoms with Gasteiger partial charge in [0.1, 0.15) is 32.7 Å². The topological polar surface area (TPSA) is 56.4 Å². The van der Waals surface area contributed by atoms with E-state index in [4.69, 9.17) is 9.47 Å². The second kappa shape index (κ2) is 10.6. The Balaban J connectivity index is 1.50. The van der Waals surface area contributed by atoms with Crippen molar-refractivity contribution in [3.8, 4) is 11.5 Å². The SMILES string of the molecule is COc1ccc(C[NH+]2CC[NH+]([C@H](C)C(=O)Nc3ccc(C(C)C)cc3)CC2)cc1OC. The fraction of sp³-hybridized carbons (Fsp3) is 0.480. The summed E-state index contributed by atoms with van der Waals surface area (Å²) >= 11 is 0. The molecule has 2 aromatic rings. The highest BCUT2D eigenvalue weighted by Crippen LogP contribution is 2.27. The molecule has 2 aromatic carbocycles. The van der Waals surface area contributed by atoms with Gasteiger partial charge < -0.3 is 24.6 Å². The van der Waals surface area contributed by atoms with Gasteiger partial charge in [-0.05, 0) is 48.7 Å². The van der Waals surface area contributed by atoms with Crippen molar-refractivity contribution in [2.45, 2.75) is 39.3 Å². The molecular weight excluding hydrogens is 390 g/mol. The Morgan fingerprint density at radius 1 is 0.935 bits per heavy atom. The van der Waals surface area contributed by atoms with Gasteiger partial charge >= 0.3 is 0 Å². The lowest BCUT2D eigenvalue weighted by Crippen LogP contribution is -3.29. The number of benzene rings is 2. The van der Waals surface area contributed by atoms with Crippen LogP contribution >= 0.6 is 0 Å². The number of piperazine rings is 1. The van der Waals surface area contributed by atoms with Crippen LogP contribution in [0.3, 0.4) is 0 Å². The van der Waals surface area contributed by atoms with Gasteiger partial charge in [0.2, 0.25) is 0 Å². The van der Waals surface area contributed by atoms with Crippen LogP contribution in [0.5, 0.6) is 11.5 Å². The minimum Gasteiger partial charge on any atom is -0.493 e. The Morgan fingerprint density at radius 2 is 1.58 bits per heavy atom. The minimum absolute atomic E-state index is 0.0626. The molecule has 6 nitrogen and oxygen atoms in total. The maximum atomic E-state index is 12.8. The standard InChI is InChI=1S/C25H35N3O3/c1-18(2)21-7-9-22(10-8-21)26-25(29)19(3)28-14-12-27(13-15-28)17-20-6-11-23(30-4)24(16-20)31-5/h6-11,16,18-19H,12-15,17H2,1-5H3,(H,26,29)/p+2/t19-/m1/s1. The average Bonchev–Trinajstić information content (AvgIpc) is 2.79. The number of rotatable bonds is 8. The molecule has 1 saturated heterocycles. The zero-order valence-electron chi connectivity index (χ0n) is 19.5. The number of nitrogens with one attached hydrogen (secondary N) is 3. The quantitative estimate of drug-likeness (QED) is 0.592. The summed E-state index contributed by atoms with van der Waals surface area (Å²) in [6.45, 7) is 11.4. The largest absolute Gasteiger partial charge is 0.493 e. The molecular formula is C25H37N3O3+2. The van der Waals surface area contributed by atoms with E-state index in [0.717, 1.165) is 49.9 Å². The molecule has 6 heteroatoms. The van der Waals surface area contributed by atoms with Crippen molar-refractivity contribution in [1.82, 2.24) is 0 Å². The van der Waals surface area contributed by atoms with Crippen molar-refractivity contribution in [1.29, 1.82) is 0 Å². The number of methoxy groups -OCH3 is 2. The summed E-state index contributed by atoms with van der Waals surface area (Å²) in [5.74, 6) is 2.12. The third-order valence-corrected chi connectivity index (χ3v) is 6.35. The number of amides is 1. The zero-order valence-corrected chi connectivity index (χ0v) is 19.5. The molecule has 31 heavy (non-hydrogen) atoms. The van der Waals surface area contributed by atoms with Crippen LogP contribution in [-0.4, -0.2) is 52.3 Å². The molecule has 0 bridgehead atoms. The van der Waals surface area contributed by atoms with Crippen molar-refractivity contribution in [2.75, 3.05) is 45.7 Å².